The summed E-state index contributed by atoms with van der Waals surface area (Å²) in [5, 5.41) is 2.95. The third-order valence-electron chi connectivity index (χ3n) is 6.79. The smallest absolute Gasteiger partial charge is 0.264 e. The number of carbonyl (C=O) groups is 2. The number of anilines is 1. The van der Waals surface area contributed by atoms with Gasteiger partial charge >= 0.3 is 0 Å². The average Bonchev–Trinajstić information content (AvgIpc) is 2.96. The summed E-state index contributed by atoms with van der Waals surface area (Å²) in [5.41, 5.74) is 3.29. The zero-order valence-corrected chi connectivity index (χ0v) is 26.4. The van der Waals surface area contributed by atoms with Crippen LogP contribution < -0.4 is 9.62 Å². The van der Waals surface area contributed by atoms with E-state index in [2.05, 4.69) is 5.32 Å². The van der Waals surface area contributed by atoms with Crippen molar-refractivity contribution in [2.24, 2.45) is 5.92 Å². The predicted molar refractivity (Wildman–Crippen MR) is 168 cm³/mol. The first-order valence-electron chi connectivity index (χ1n) is 13.8. The highest BCUT2D eigenvalue weighted by atomic mass is 32.2. The summed E-state index contributed by atoms with van der Waals surface area (Å²) in [6.07, 6.45) is 2.31. The number of aryl methyl sites for hydroxylation is 2. The van der Waals surface area contributed by atoms with Gasteiger partial charge in [0.1, 0.15) is 12.6 Å². The van der Waals surface area contributed by atoms with Crippen LogP contribution in [0.4, 0.5) is 5.69 Å². The van der Waals surface area contributed by atoms with Crippen molar-refractivity contribution in [2.45, 2.75) is 63.4 Å². The SMILES string of the molecule is CCC(C(=O)NCC(C)C)N(Cc1ccc(C)cc1)C(=O)CN(c1ccc(C)cc1)S(=O)(=O)c1ccc(SC)cc1. The van der Waals surface area contributed by atoms with Crippen LogP contribution in [-0.2, 0) is 26.2 Å². The summed E-state index contributed by atoms with van der Waals surface area (Å²) in [6, 6.07) is 20.7. The van der Waals surface area contributed by atoms with E-state index in [0.717, 1.165) is 25.9 Å². The molecule has 0 aliphatic rings. The first kappa shape index (κ1) is 32.2. The van der Waals surface area contributed by atoms with Crippen molar-refractivity contribution in [1.29, 1.82) is 0 Å². The van der Waals surface area contributed by atoms with Crippen molar-refractivity contribution in [3.8, 4) is 0 Å². The van der Waals surface area contributed by atoms with Crippen LogP contribution in [0.15, 0.2) is 82.6 Å². The maximum Gasteiger partial charge on any atom is 0.264 e. The van der Waals surface area contributed by atoms with Gasteiger partial charge in [-0.2, -0.15) is 0 Å². The summed E-state index contributed by atoms with van der Waals surface area (Å²) in [4.78, 5) is 30.0. The molecule has 220 valence electrons. The van der Waals surface area contributed by atoms with Gasteiger partial charge in [0, 0.05) is 18.0 Å². The number of nitrogens with one attached hydrogen (secondary N) is 1. The van der Waals surface area contributed by atoms with Crippen LogP contribution in [0.25, 0.3) is 0 Å². The van der Waals surface area contributed by atoms with E-state index >= 15 is 0 Å². The number of carbonyl (C=O) groups excluding carboxylic acids is 2. The minimum absolute atomic E-state index is 0.0930. The Morgan fingerprint density at radius 3 is 1.95 bits per heavy atom. The average molecular weight is 596 g/mol. The Bertz CT molecular complexity index is 1400. The molecule has 0 aromatic heterocycles. The van der Waals surface area contributed by atoms with Gasteiger partial charge in [0.25, 0.3) is 10.0 Å². The van der Waals surface area contributed by atoms with Gasteiger partial charge in [0.05, 0.1) is 10.6 Å². The minimum atomic E-state index is -4.10. The van der Waals surface area contributed by atoms with Gasteiger partial charge in [0.15, 0.2) is 0 Å². The van der Waals surface area contributed by atoms with Crippen molar-refractivity contribution in [3.63, 3.8) is 0 Å². The molecule has 3 aromatic carbocycles. The first-order chi connectivity index (χ1) is 19.5. The molecule has 0 heterocycles. The van der Waals surface area contributed by atoms with Gasteiger partial charge in [-0.15, -0.1) is 11.8 Å². The molecule has 0 saturated carbocycles. The third kappa shape index (κ3) is 8.60. The lowest BCUT2D eigenvalue weighted by Crippen LogP contribution is -2.52. The van der Waals surface area contributed by atoms with Crippen molar-refractivity contribution in [2.75, 3.05) is 23.7 Å². The predicted octanol–water partition coefficient (Wildman–Crippen LogP) is 5.80. The third-order valence-corrected chi connectivity index (χ3v) is 9.32. The summed E-state index contributed by atoms with van der Waals surface area (Å²) < 4.78 is 29.1. The number of sulfonamides is 1. The second-order valence-electron chi connectivity index (χ2n) is 10.6. The van der Waals surface area contributed by atoms with Gasteiger partial charge in [-0.3, -0.25) is 13.9 Å². The molecule has 0 fully saturated rings. The molecule has 0 radical (unpaired) electrons. The highest BCUT2D eigenvalue weighted by Gasteiger charge is 2.33. The maximum atomic E-state index is 14.1. The van der Waals surface area contributed by atoms with Crippen molar-refractivity contribution in [1.82, 2.24) is 10.2 Å². The molecule has 1 unspecified atom stereocenters. The summed E-state index contributed by atoms with van der Waals surface area (Å²) >= 11 is 1.52. The van der Waals surface area contributed by atoms with Crippen LogP contribution >= 0.6 is 11.8 Å². The maximum absolute atomic E-state index is 14.1. The Hall–Kier alpha value is -3.30. The molecule has 0 saturated heterocycles. The number of rotatable bonds is 13. The Morgan fingerprint density at radius 2 is 1.44 bits per heavy atom. The van der Waals surface area contributed by atoms with Gasteiger partial charge < -0.3 is 10.2 Å². The second-order valence-corrected chi connectivity index (χ2v) is 13.3. The Kier molecular flexibility index (Phi) is 11.4. The van der Waals surface area contributed by atoms with E-state index in [1.54, 1.807) is 36.4 Å². The van der Waals surface area contributed by atoms with Crippen LogP contribution in [0.5, 0.6) is 0 Å². The highest BCUT2D eigenvalue weighted by Crippen LogP contribution is 2.27. The van der Waals surface area contributed by atoms with E-state index in [1.165, 1.54) is 16.7 Å². The van der Waals surface area contributed by atoms with E-state index in [0.29, 0.717) is 18.7 Å². The fraction of sp³-hybridized carbons (Fsp3) is 0.375. The number of benzene rings is 3. The van der Waals surface area contributed by atoms with Crippen LogP contribution in [0, 0.1) is 19.8 Å². The van der Waals surface area contributed by atoms with Crippen LogP contribution in [0.3, 0.4) is 0 Å². The quantitative estimate of drug-likeness (QED) is 0.253. The van der Waals surface area contributed by atoms with Gasteiger partial charge in [-0.05, 0) is 74.4 Å². The van der Waals surface area contributed by atoms with Gasteiger partial charge in [0.2, 0.25) is 11.8 Å². The summed E-state index contributed by atoms with van der Waals surface area (Å²) in [5.74, 6) is -0.460. The fourth-order valence-electron chi connectivity index (χ4n) is 4.35. The van der Waals surface area contributed by atoms with Crippen LogP contribution in [0.2, 0.25) is 0 Å². The van der Waals surface area contributed by atoms with Crippen LogP contribution in [-0.4, -0.2) is 50.5 Å². The number of hydrogen-bond acceptors (Lipinski definition) is 5. The van der Waals surface area contributed by atoms with E-state index in [-0.39, 0.29) is 23.3 Å². The normalized spacial score (nSPS) is 12.2. The lowest BCUT2D eigenvalue weighted by molar-refractivity contribution is -0.140. The van der Waals surface area contributed by atoms with Crippen molar-refractivity contribution in [3.05, 3.63) is 89.5 Å². The lowest BCUT2D eigenvalue weighted by atomic mass is 10.1. The van der Waals surface area contributed by atoms with E-state index in [9.17, 15) is 18.0 Å². The molecule has 2 amide bonds. The molecular formula is C32H41N3O4S2. The Balaban J connectivity index is 2.03. The number of hydrogen-bond donors (Lipinski definition) is 1. The molecule has 0 spiro atoms. The number of thioether (sulfide) groups is 1. The van der Waals surface area contributed by atoms with E-state index < -0.39 is 28.5 Å². The van der Waals surface area contributed by atoms with Crippen molar-refractivity contribution >= 4 is 39.3 Å². The standard InChI is InChI=1S/C32H41N3O4S2/c1-7-30(32(37)33-20-23(2)3)34(21-26-12-8-24(4)9-13-26)31(36)22-35(27-14-10-25(5)11-15-27)41(38,39)29-18-16-28(40-6)17-19-29/h8-19,23,30H,7,20-22H2,1-6H3,(H,33,37). The topological polar surface area (TPSA) is 86.8 Å². The molecule has 0 aliphatic carbocycles. The van der Waals surface area contributed by atoms with E-state index in [1.807, 2.05) is 77.3 Å². The van der Waals surface area contributed by atoms with Crippen LogP contribution in [0.1, 0.15) is 43.9 Å². The molecule has 0 bridgehead atoms. The molecule has 41 heavy (non-hydrogen) atoms. The lowest BCUT2D eigenvalue weighted by Gasteiger charge is -2.33. The van der Waals surface area contributed by atoms with Gasteiger partial charge in [-0.1, -0.05) is 68.3 Å². The molecule has 9 heteroatoms. The monoisotopic (exact) mass is 595 g/mol. The zero-order valence-electron chi connectivity index (χ0n) is 24.8. The minimum Gasteiger partial charge on any atom is -0.354 e. The fourth-order valence-corrected chi connectivity index (χ4v) is 6.17. The molecule has 1 atom stereocenters. The largest absolute Gasteiger partial charge is 0.354 e. The molecule has 3 aromatic rings. The Morgan fingerprint density at radius 1 is 0.878 bits per heavy atom. The summed E-state index contributed by atoms with van der Waals surface area (Å²) in [7, 11) is -4.10. The molecule has 0 aliphatic heterocycles. The van der Waals surface area contributed by atoms with E-state index in [4.69, 9.17) is 0 Å². The Labute approximate surface area is 249 Å². The zero-order chi connectivity index (χ0) is 30.2. The van der Waals surface area contributed by atoms with Gasteiger partial charge in [-0.25, -0.2) is 8.42 Å². The molecule has 7 nitrogen and oxygen atoms in total. The highest BCUT2D eigenvalue weighted by molar-refractivity contribution is 7.98. The molecule has 1 N–H and O–H groups in total. The molecular weight excluding hydrogens is 555 g/mol. The number of nitrogens with zero attached hydrogens (tertiary/aromatic N) is 2. The number of amides is 2. The first-order valence-corrected chi connectivity index (χ1v) is 16.5. The summed E-state index contributed by atoms with van der Waals surface area (Å²) in [6.45, 7) is 9.98. The second kappa shape index (κ2) is 14.5. The van der Waals surface area contributed by atoms with Crippen molar-refractivity contribution < 1.29 is 18.0 Å². The molecule has 3 rings (SSSR count).